The lowest BCUT2D eigenvalue weighted by Gasteiger charge is -2.19. The number of aryl methyl sites for hydroxylation is 3. The summed E-state index contributed by atoms with van der Waals surface area (Å²) in [6.07, 6.45) is 8.07. The molecule has 0 radical (unpaired) electrons. The van der Waals surface area contributed by atoms with Gasteiger partial charge in [-0.3, -0.25) is 0 Å². The molecule has 0 unspecified atom stereocenters. The summed E-state index contributed by atoms with van der Waals surface area (Å²) in [4.78, 5) is 4.48. The van der Waals surface area contributed by atoms with Gasteiger partial charge in [0.15, 0.2) is 5.96 Å². The van der Waals surface area contributed by atoms with Gasteiger partial charge in [0, 0.05) is 11.3 Å². The predicted molar refractivity (Wildman–Crippen MR) is 118 cm³/mol. The van der Waals surface area contributed by atoms with Crippen LogP contribution in [-0.2, 0) is 32.2 Å². The standard InChI is InChI=1S/C21H25N3O.HI/c22-21(24-17-10-8-14-5-3-6-16(14)12-17)23-13-19-18-7-2-1-4-15(18)9-11-20(19)25;/h8-12,25H,1-7,13H2,(H3,22,23,24);1H. The second kappa shape index (κ2) is 8.29. The van der Waals surface area contributed by atoms with E-state index in [0.29, 0.717) is 18.3 Å². The molecule has 0 saturated carbocycles. The highest BCUT2D eigenvalue weighted by Crippen LogP contribution is 2.31. The van der Waals surface area contributed by atoms with E-state index >= 15 is 0 Å². The van der Waals surface area contributed by atoms with Crippen LogP contribution in [-0.4, -0.2) is 11.1 Å². The van der Waals surface area contributed by atoms with Crippen LogP contribution >= 0.6 is 24.0 Å². The van der Waals surface area contributed by atoms with Crippen molar-refractivity contribution >= 4 is 35.6 Å². The summed E-state index contributed by atoms with van der Waals surface area (Å²) in [7, 11) is 0. The van der Waals surface area contributed by atoms with Crippen molar-refractivity contribution in [3.63, 3.8) is 0 Å². The van der Waals surface area contributed by atoms with Crippen LogP contribution in [0.4, 0.5) is 5.69 Å². The van der Waals surface area contributed by atoms with E-state index < -0.39 is 0 Å². The summed E-state index contributed by atoms with van der Waals surface area (Å²) in [5.74, 6) is 0.723. The molecule has 4 rings (SSSR count). The predicted octanol–water partition coefficient (Wildman–Crippen LogP) is 4.30. The van der Waals surface area contributed by atoms with Gasteiger partial charge >= 0.3 is 0 Å². The first-order valence-corrected chi connectivity index (χ1v) is 9.22. The largest absolute Gasteiger partial charge is 0.508 e. The van der Waals surface area contributed by atoms with Crippen LogP contribution in [0, 0.1) is 0 Å². The lowest BCUT2D eigenvalue weighted by Crippen LogP contribution is -2.22. The molecule has 0 spiro atoms. The van der Waals surface area contributed by atoms with Crippen molar-refractivity contribution in [2.75, 3.05) is 5.32 Å². The monoisotopic (exact) mass is 463 g/mol. The average molecular weight is 463 g/mol. The van der Waals surface area contributed by atoms with E-state index in [0.717, 1.165) is 30.5 Å². The van der Waals surface area contributed by atoms with E-state index in [1.165, 1.54) is 47.9 Å². The minimum Gasteiger partial charge on any atom is -0.508 e. The summed E-state index contributed by atoms with van der Waals surface area (Å²) in [5.41, 5.74) is 13.5. The Hall–Kier alpha value is -1.76. The summed E-state index contributed by atoms with van der Waals surface area (Å²) < 4.78 is 0. The molecule has 2 aromatic rings. The van der Waals surface area contributed by atoms with Gasteiger partial charge in [0.25, 0.3) is 0 Å². The second-order valence-corrected chi connectivity index (χ2v) is 7.07. The summed E-state index contributed by atoms with van der Waals surface area (Å²) in [6.45, 7) is 0.415. The Labute approximate surface area is 171 Å². The molecule has 4 nitrogen and oxygen atoms in total. The number of hydrogen-bond acceptors (Lipinski definition) is 2. The molecule has 0 bridgehead atoms. The van der Waals surface area contributed by atoms with Crippen molar-refractivity contribution in [1.82, 2.24) is 0 Å². The van der Waals surface area contributed by atoms with E-state index in [2.05, 4.69) is 28.5 Å². The number of nitrogens with one attached hydrogen (secondary N) is 1. The van der Waals surface area contributed by atoms with Gasteiger partial charge < -0.3 is 16.2 Å². The number of nitrogens with zero attached hydrogens (tertiary/aromatic N) is 1. The average Bonchev–Trinajstić information content (AvgIpc) is 3.08. The third-order valence-electron chi connectivity index (χ3n) is 5.40. The van der Waals surface area contributed by atoms with Gasteiger partial charge in [-0.2, -0.15) is 0 Å². The van der Waals surface area contributed by atoms with Crippen LogP contribution in [0.1, 0.15) is 47.1 Å². The third kappa shape index (κ3) is 3.98. The van der Waals surface area contributed by atoms with Crippen molar-refractivity contribution in [2.45, 2.75) is 51.5 Å². The van der Waals surface area contributed by atoms with Gasteiger partial charge in [-0.25, -0.2) is 4.99 Å². The third-order valence-corrected chi connectivity index (χ3v) is 5.40. The molecule has 0 fully saturated rings. The van der Waals surface area contributed by atoms with Crippen LogP contribution in [0.3, 0.4) is 0 Å². The molecule has 2 aromatic carbocycles. The van der Waals surface area contributed by atoms with Gasteiger partial charge in [-0.1, -0.05) is 12.1 Å². The molecule has 2 aliphatic carbocycles. The molecular weight excluding hydrogens is 437 g/mol. The normalized spacial score (nSPS) is 15.8. The fraction of sp³-hybridized carbons (Fsp3) is 0.381. The fourth-order valence-corrected chi connectivity index (χ4v) is 4.07. The number of benzene rings is 2. The molecule has 26 heavy (non-hydrogen) atoms. The molecule has 4 N–H and O–H groups in total. The molecular formula is C21H26IN3O. The number of rotatable bonds is 3. The van der Waals surface area contributed by atoms with Gasteiger partial charge in [0.05, 0.1) is 6.54 Å². The maximum Gasteiger partial charge on any atom is 0.193 e. The molecule has 2 aliphatic rings. The highest BCUT2D eigenvalue weighted by molar-refractivity contribution is 14.0. The minimum atomic E-state index is 0. The second-order valence-electron chi connectivity index (χ2n) is 7.07. The Morgan fingerprint density at radius 1 is 0.962 bits per heavy atom. The number of hydrogen-bond donors (Lipinski definition) is 3. The molecule has 5 heteroatoms. The number of nitrogens with two attached hydrogens (primary N) is 1. The summed E-state index contributed by atoms with van der Waals surface area (Å²) in [6, 6.07) is 10.3. The maximum atomic E-state index is 10.2. The van der Waals surface area contributed by atoms with E-state index in [4.69, 9.17) is 5.73 Å². The molecule has 0 amide bonds. The lowest BCUT2D eigenvalue weighted by molar-refractivity contribution is 0.465. The van der Waals surface area contributed by atoms with Crippen molar-refractivity contribution in [3.05, 3.63) is 58.1 Å². The Morgan fingerprint density at radius 2 is 1.69 bits per heavy atom. The highest BCUT2D eigenvalue weighted by atomic mass is 127. The van der Waals surface area contributed by atoms with E-state index in [1.807, 2.05) is 6.07 Å². The van der Waals surface area contributed by atoms with Crippen molar-refractivity contribution in [2.24, 2.45) is 10.7 Å². The molecule has 0 aliphatic heterocycles. The molecule has 0 atom stereocenters. The zero-order valence-electron chi connectivity index (χ0n) is 14.9. The zero-order valence-corrected chi connectivity index (χ0v) is 17.3. The van der Waals surface area contributed by atoms with Crippen LogP contribution in [0.2, 0.25) is 0 Å². The van der Waals surface area contributed by atoms with Crippen molar-refractivity contribution in [1.29, 1.82) is 0 Å². The zero-order chi connectivity index (χ0) is 17.2. The van der Waals surface area contributed by atoms with Gasteiger partial charge in [-0.15, -0.1) is 24.0 Å². The number of aliphatic imine (C=N–C) groups is 1. The van der Waals surface area contributed by atoms with Crippen LogP contribution < -0.4 is 11.1 Å². The minimum absolute atomic E-state index is 0. The first kappa shape index (κ1) is 19.0. The number of anilines is 1. The molecule has 0 heterocycles. The number of fused-ring (bicyclic) bond motifs is 2. The fourth-order valence-electron chi connectivity index (χ4n) is 4.07. The lowest BCUT2D eigenvalue weighted by atomic mass is 9.88. The Bertz CT molecular complexity index is 832. The first-order valence-electron chi connectivity index (χ1n) is 9.22. The van der Waals surface area contributed by atoms with Gasteiger partial charge in [0.1, 0.15) is 5.75 Å². The maximum absolute atomic E-state index is 10.2. The number of aromatic hydroxyl groups is 1. The number of phenolic OH excluding ortho intramolecular Hbond substituents is 1. The van der Waals surface area contributed by atoms with Crippen molar-refractivity contribution in [3.8, 4) is 5.75 Å². The quantitative estimate of drug-likeness (QED) is 0.361. The smallest absolute Gasteiger partial charge is 0.193 e. The topological polar surface area (TPSA) is 70.6 Å². The molecule has 0 saturated heterocycles. The summed E-state index contributed by atoms with van der Waals surface area (Å²) in [5, 5.41) is 13.4. The van der Waals surface area contributed by atoms with Gasteiger partial charge in [0.2, 0.25) is 0 Å². The summed E-state index contributed by atoms with van der Waals surface area (Å²) >= 11 is 0. The Kier molecular flexibility index (Phi) is 6.06. The van der Waals surface area contributed by atoms with Crippen LogP contribution in [0.25, 0.3) is 0 Å². The van der Waals surface area contributed by atoms with E-state index in [1.54, 1.807) is 6.07 Å². The Balaban J connectivity index is 0.00000196. The number of guanidine groups is 1. The van der Waals surface area contributed by atoms with Crippen molar-refractivity contribution < 1.29 is 5.11 Å². The van der Waals surface area contributed by atoms with E-state index in [9.17, 15) is 5.11 Å². The number of halogens is 1. The van der Waals surface area contributed by atoms with Gasteiger partial charge in [-0.05, 0) is 85.4 Å². The molecule has 0 aromatic heterocycles. The molecule has 138 valence electrons. The van der Waals surface area contributed by atoms with E-state index in [-0.39, 0.29) is 24.0 Å². The van der Waals surface area contributed by atoms with Crippen LogP contribution in [0.5, 0.6) is 5.75 Å². The SMILES string of the molecule is I.NC(=NCc1c(O)ccc2c1CCCC2)Nc1ccc2c(c1)CCC2. The highest BCUT2D eigenvalue weighted by Gasteiger charge is 2.16. The Morgan fingerprint density at radius 3 is 2.58 bits per heavy atom. The first-order chi connectivity index (χ1) is 12.2. The van der Waals surface area contributed by atoms with Crippen LogP contribution in [0.15, 0.2) is 35.3 Å². The number of phenols is 1.